The van der Waals surface area contributed by atoms with E-state index in [1.54, 1.807) is 6.92 Å². The Hall–Kier alpha value is -9.71. The van der Waals surface area contributed by atoms with E-state index in [1.807, 2.05) is 97.1 Å². The van der Waals surface area contributed by atoms with Gasteiger partial charge in [-0.25, -0.2) is 19.2 Å². The molecule has 4 aromatic heterocycles. The molecule has 0 aliphatic carbocycles. The Morgan fingerprint density at radius 1 is 0.389 bits per heavy atom. The molecule has 8 rings (SSSR count). The van der Waals surface area contributed by atoms with Crippen molar-refractivity contribution in [3.05, 3.63) is 269 Å². The number of rotatable bonds is 28. The summed E-state index contributed by atoms with van der Waals surface area (Å²) in [4.78, 5) is 143. The molecular weight excluding hydrogens is 1380 g/mol. The van der Waals surface area contributed by atoms with Gasteiger partial charge in [0.2, 0.25) is 0 Å². The van der Waals surface area contributed by atoms with E-state index in [4.69, 9.17) is 32.0 Å². The molecule has 4 heterocycles. The van der Waals surface area contributed by atoms with E-state index >= 15 is 0 Å². The van der Waals surface area contributed by atoms with Crippen LogP contribution in [0, 0.1) is 18.8 Å². The number of H-pyrrole nitrogens is 4. The van der Waals surface area contributed by atoms with Gasteiger partial charge < -0.3 is 20.4 Å². The predicted octanol–water partition coefficient (Wildman–Crippen LogP) is 8.61. The summed E-state index contributed by atoms with van der Waals surface area (Å²) >= 11 is 12.0. The van der Waals surface area contributed by atoms with Crippen molar-refractivity contribution in [3.8, 4) is 11.8 Å². The number of aromatic nitrogens is 8. The highest BCUT2D eigenvalue weighted by Gasteiger charge is 2.09. The molecule has 0 amide bonds. The number of aromatic amines is 4. The predicted molar refractivity (Wildman–Crippen MR) is 366 cm³/mol. The number of carbonyl (C=O) groups is 4. The zero-order chi connectivity index (χ0) is 69.4. The summed E-state index contributed by atoms with van der Waals surface area (Å²) in [6.07, 6.45) is 16.9. The van der Waals surface area contributed by atoms with Crippen molar-refractivity contribution < 1.29 is 39.6 Å². The Labute approximate surface area is 565 Å². The lowest BCUT2D eigenvalue weighted by Crippen LogP contribution is -2.31. The number of halogens is 3. The Bertz CT molecular complexity index is 4310. The molecule has 0 fully saturated rings. The first-order valence-electron chi connectivity index (χ1n) is 30.3. The van der Waals surface area contributed by atoms with Crippen molar-refractivity contribution in [2.24, 2.45) is 0 Å². The second-order valence-corrected chi connectivity index (χ2v) is 24.1. The van der Waals surface area contributed by atoms with E-state index in [2.05, 4.69) is 63.6 Å². The molecule has 27 heteroatoms. The molecule has 24 nitrogen and oxygen atoms in total. The van der Waals surface area contributed by atoms with E-state index in [1.165, 1.54) is 54.2 Å². The summed E-state index contributed by atoms with van der Waals surface area (Å²) in [6.45, 7) is 3.09. The van der Waals surface area contributed by atoms with Gasteiger partial charge in [0, 0.05) is 68.0 Å². The van der Waals surface area contributed by atoms with Gasteiger partial charge in [-0.15, -0.1) is 0 Å². The molecule has 502 valence electrons. The van der Waals surface area contributed by atoms with E-state index in [0.29, 0.717) is 72.8 Å². The highest BCUT2D eigenvalue weighted by Crippen LogP contribution is 2.15. The Morgan fingerprint density at radius 3 is 1.06 bits per heavy atom. The molecule has 0 atom stereocenters. The lowest BCUT2D eigenvalue weighted by molar-refractivity contribution is -0.138. The van der Waals surface area contributed by atoms with Gasteiger partial charge in [-0.1, -0.05) is 121 Å². The largest absolute Gasteiger partial charge is 0.481 e. The van der Waals surface area contributed by atoms with Crippen LogP contribution in [0.15, 0.2) is 169 Å². The Morgan fingerprint density at radius 2 is 0.684 bits per heavy atom. The maximum absolute atomic E-state index is 11.8. The fraction of sp³-hybridized carbons (Fsp3) is 0.324. The van der Waals surface area contributed by atoms with Crippen LogP contribution in [-0.2, 0) is 64.6 Å². The smallest absolute Gasteiger partial charge is 0.328 e. The molecule has 8 N–H and O–H groups in total. The molecule has 0 bridgehead atoms. The first kappa shape index (κ1) is 76.0. The van der Waals surface area contributed by atoms with Gasteiger partial charge in [0.1, 0.15) is 5.02 Å². The zero-order valence-electron chi connectivity index (χ0n) is 52.0. The number of nitrogens with one attached hydrogen (secondary N) is 4. The monoisotopic (exact) mass is 1450 g/mol. The van der Waals surface area contributed by atoms with Gasteiger partial charge >= 0.3 is 46.6 Å². The van der Waals surface area contributed by atoms with Crippen LogP contribution in [0.25, 0.3) is 0 Å². The summed E-state index contributed by atoms with van der Waals surface area (Å²) in [5.74, 6) is 2.84. The lowest BCUT2D eigenvalue weighted by Gasteiger charge is -2.07. The number of aliphatic carboxylic acids is 4. The fourth-order valence-corrected chi connectivity index (χ4v) is 9.97. The van der Waals surface area contributed by atoms with Crippen molar-refractivity contribution in [1.29, 1.82) is 0 Å². The molecule has 0 saturated carbocycles. The van der Waals surface area contributed by atoms with Crippen LogP contribution in [0.5, 0.6) is 0 Å². The highest BCUT2D eigenvalue weighted by atomic mass is 79.9. The molecular formula is C68H73Br2ClN8O16. The summed E-state index contributed by atoms with van der Waals surface area (Å²) in [5, 5.41) is 34.3. The van der Waals surface area contributed by atoms with Gasteiger partial charge in [-0.05, 0) is 154 Å². The molecule has 0 aliphatic heterocycles. The third kappa shape index (κ3) is 28.6. The van der Waals surface area contributed by atoms with E-state index in [-0.39, 0.29) is 36.3 Å². The second kappa shape index (κ2) is 39.7. The summed E-state index contributed by atoms with van der Waals surface area (Å²) in [7, 11) is 0. The van der Waals surface area contributed by atoms with Crippen molar-refractivity contribution in [3.63, 3.8) is 0 Å². The number of carboxylic acids is 4. The maximum Gasteiger partial charge on any atom is 0.328 e. The van der Waals surface area contributed by atoms with Gasteiger partial charge in [-0.2, -0.15) is 0 Å². The SMILES string of the molecule is Cc1cn(Cc2ccc(C#CCCCC(=O)O)cc2)c(=O)[nH]c1=O.O=C(O)CCCCCc1ccc(Cn2cc(Br)c(=O)[nH]c2=O)cc1.O=C(O)CCCCCc1ccc(Cn2cc(Cl)c(=O)[nH]c2=O)cc1.O=C(O)CCCCc1ccc(Cn2cc(Br)c(=O)[nH]c2=O)cc1. The Balaban J connectivity index is 0.000000229. The summed E-state index contributed by atoms with van der Waals surface area (Å²) in [5.41, 5.74) is 4.90. The molecule has 0 aliphatic rings. The minimum Gasteiger partial charge on any atom is -0.481 e. The molecule has 95 heavy (non-hydrogen) atoms. The average Bonchev–Trinajstić information content (AvgIpc) is 0.909. The van der Waals surface area contributed by atoms with E-state index in [0.717, 1.165) is 84.7 Å². The number of unbranched alkanes of at least 4 members (excludes halogenated alkanes) is 6. The average molecular weight is 1450 g/mol. The molecule has 0 radical (unpaired) electrons. The van der Waals surface area contributed by atoms with Crippen molar-refractivity contribution in [2.45, 2.75) is 142 Å². The fourth-order valence-electron chi connectivity index (χ4n) is 9.11. The Kier molecular flexibility index (Phi) is 31.8. The normalized spacial score (nSPS) is 10.5. The number of carboxylic acid groups (broad SMARTS) is 4. The van der Waals surface area contributed by atoms with Gasteiger partial charge in [0.05, 0.1) is 35.1 Å². The first-order valence-corrected chi connectivity index (χ1v) is 32.2. The van der Waals surface area contributed by atoms with Crippen LogP contribution in [0.4, 0.5) is 0 Å². The maximum atomic E-state index is 11.8. The molecule has 0 unspecified atom stereocenters. The standard InChI is InChI=1S/C18H18N2O4.C17H19BrN2O4.C17H19ClN2O4.C16H17BrN2O4/c1-13-11-20(18(24)19-17(13)23)12-15-9-7-14(8-10-15)5-3-2-4-6-16(21)22;2*18-14-11-20(17(24)19-16(14)23)10-13-8-6-12(7-9-13)4-2-1-3-5-15(21)22;17-13-10-19(16(23)18-15(13)22)9-12-7-5-11(6-8-12)3-1-2-4-14(20)21/h7-11H,2,4,6,12H2,1H3,(H,21,22)(H,19,23,24);2*6-9,11H,1-5,10H2,(H,21,22)(H,19,23,24);5-8,10H,1-4,9H2,(H,20,21)(H,18,22,23). The molecule has 0 saturated heterocycles. The number of nitrogens with zero attached hydrogens (tertiary/aromatic N) is 4. The molecule has 0 spiro atoms. The van der Waals surface area contributed by atoms with Gasteiger partial charge in [0.15, 0.2) is 0 Å². The summed E-state index contributed by atoms with van der Waals surface area (Å²) in [6, 6.07) is 31.0. The molecule has 8 aromatic rings. The third-order valence-electron chi connectivity index (χ3n) is 14.3. The van der Waals surface area contributed by atoms with Crippen LogP contribution in [0.1, 0.15) is 140 Å². The first-order chi connectivity index (χ1) is 45.3. The number of hydrogen-bond acceptors (Lipinski definition) is 12. The highest BCUT2D eigenvalue weighted by molar-refractivity contribution is 9.10. The number of benzene rings is 4. The van der Waals surface area contributed by atoms with E-state index < -0.39 is 63.3 Å². The van der Waals surface area contributed by atoms with Crippen molar-refractivity contribution in [1.82, 2.24) is 38.2 Å². The van der Waals surface area contributed by atoms with Crippen molar-refractivity contribution >= 4 is 67.3 Å². The third-order valence-corrected chi connectivity index (χ3v) is 15.7. The van der Waals surface area contributed by atoms with Crippen LogP contribution >= 0.6 is 43.5 Å². The second-order valence-electron chi connectivity index (χ2n) is 22.0. The summed E-state index contributed by atoms with van der Waals surface area (Å²) < 4.78 is 6.29. The van der Waals surface area contributed by atoms with Gasteiger partial charge in [-0.3, -0.25) is 76.6 Å². The van der Waals surface area contributed by atoms with Gasteiger partial charge in [0.25, 0.3) is 22.2 Å². The topological polar surface area (TPSA) is 369 Å². The van der Waals surface area contributed by atoms with Crippen LogP contribution in [-0.4, -0.2) is 82.5 Å². The van der Waals surface area contributed by atoms with Crippen molar-refractivity contribution in [2.75, 3.05) is 0 Å². The number of hydrogen-bond donors (Lipinski definition) is 8. The van der Waals surface area contributed by atoms with E-state index in [9.17, 15) is 57.5 Å². The zero-order valence-corrected chi connectivity index (χ0v) is 55.9. The van der Waals surface area contributed by atoms with Crippen LogP contribution in [0.2, 0.25) is 5.02 Å². The molecule has 4 aromatic carbocycles. The lowest BCUT2D eigenvalue weighted by atomic mass is 10.0. The number of aryl methyl sites for hydroxylation is 4. The van der Waals surface area contributed by atoms with Crippen LogP contribution < -0.4 is 45.0 Å². The van der Waals surface area contributed by atoms with Crippen LogP contribution in [0.3, 0.4) is 0 Å². The quantitative estimate of drug-likeness (QED) is 0.0168. The minimum atomic E-state index is -0.811. The minimum absolute atomic E-state index is 0.0208.